The van der Waals surface area contributed by atoms with E-state index in [-0.39, 0.29) is 5.91 Å². The van der Waals surface area contributed by atoms with Crippen LogP contribution in [-0.2, 0) is 6.42 Å². The predicted molar refractivity (Wildman–Crippen MR) is 75.7 cm³/mol. The van der Waals surface area contributed by atoms with Gasteiger partial charge < -0.3 is 10.1 Å². The molecule has 5 nitrogen and oxygen atoms in total. The monoisotopic (exact) mass is 271 g/mol. The first-order valence-electron chi connectivity index (χ1n) is 6.55. The molecule has 0 bridgehead atoms. The fraction of sp³-hybridized carbons (Fsp3) is 0.267. The van der Waals surface area contributed by atoms with E-state index in [0.717, 1.165) is 5.56 Å². The fourth-order valence-corrected chi connectivity index (χ4v) is 1.81. The average Bonchev–Trinajstić information content (AvgIpc) is 2.49. The topological polar surface area (TPSA) is 64.1 Å². The van der Waals surface area contributed by atoms with Crippen LogP contribution in [-0.4, -0.2) is 29.0 Å². The van der Waals surface area contributed by atoms with Gasteiger partial charge in [0.2, 0.25) is 0 Å². The number of rotatable bonds is 6. The normalized spacial score (nSPS) is 10.1. The van der Waals surface area contributed by atoms with Crippen molar-refractivity contribution in [2.24, 2.45) is 0 Å². The van der Waals surface area contributed by atoms with Gasteiger partial charge in [0.1, 0.15) is 12.1 Å². The van der Waals surface area contributed by atoms with Gasteiger partial charge in [0.25, 0.3) is 5.91 Å². The lowest BCUT2D eigenvalue weighted by Crippen LogP contribution is -2.26. The SMILES string of the molecule is CCOc1ccccc1C(=O)NCCc1cncnc1. The van der Waals surface area contributed by atoms with Crippen molar-refractivity contribution in [3.8, 4) is 5.75 Å². The van der Waals surface area contributed by atoms with Crippen molar-refractivity contribution in [3.63, 3.8) is 0 Å². The Labute approximate surface area is 118 Å². The van der Waals surface area contributed by atoms with Gasteiger partial charge in [-0.25, -0.2) is 9.97 Å². The number of para-hydroxylation sites is 1. The summed E-state index contributed by atoms with van der Waals surface area (Å²) in [4.78, 5) is 20.0. The van der Waals surface area contributed by atoms with Crippen LogP contribution in [0.15, 0.2) is 43.0 Å². The van der Waals surface area contributed by atoms with Crippen molar-refractivity contribution >= 4 is 5.91 Å². The van der Waals surface area contributed by atoms with Crippen molar-refractivity contribution in [2.45, 2.75) is 13.3 Å². The van der Waals surface area contributed by atoms with E-state index in [0.29, 0.717) is 30.9 Å². The number of amides is 1. The summed E-state index contributed by atoms with van der Waals surface area (Å²) >= 11 is 0. The number of nitrogens with zero attached hydrogens (tertiary/aromatic N) is 2. The first-order chi connectivity index (χ1) is 9.81. The molecule has 20 heavy (non-hydrogen) atoms. The summed E-state index contributed by atoms with van der Waals surface area (Å²) in [5, 5.41) is 2.87. The molecule has 104 valence electrons. The Kier molecular flexibility index (Phi) is 5.06. The van der Waals surface area contributed by atoms with E-state index in [9.17, 15) is 4.79 Å². The van der Waals surface area contributed by atoms with Crippen LogP contribution < -0.4 is 10.1 Å². The van der Waals surface area contributed by atoms with E-state index < -0.39 is 0 Å². The predicted octanol–water partition coefficient (Wildman–Crippen LogP) is 1.85. The number of hydrogen-bond donors (Lipinski definition) is 1. The Hall–Kier alpha value is -2.43. The highest BCUT2D eigenvalue weighted by molar-refractivity contribution is 5.96. The lowest BCUT2D eigenvalue weighted by atomic mass is 10.2. The maximum absolute atomic E-state index is 12.1. The van der Waals surface area contributed by atoms with Crippen molar-refractivity contribution < 1.29 is 9.53 Å². The van der Waals surface area contributed by atoms with Crippen LogP contribution in [0, 0.1) is 0 Å². The molecule has 1 aromatic heterocycles. The molecule has 1 amide bonds. The molecule has 0 spiro atoms. The van der Waals surface area contributed by atoms with Gasteiger partial charge in [0, 0.05) is 18.9 Å². The van der Waals surface area contributed by atoms with E-state index in [2.05, 4.69) is 15.3 Å². The lowest BCUT2D eigenvalue weighted by Gasteiger charge is -2.10. The third-order valence-electron chi connectivity index (χ3n) is 2.74. The first kappa shape index (κ1) is 14.0. The minimum absolute atomic E-state index is 0.133. The van der Waals surface area contributed by atoms with Gasteiger partial charge in [0.05, 0.1) is 12.2 Å². The molecule has 1 aromatic carbocycles. The molecule has 0 aliphatic heterocycles. The second kappa shape index (κ2) is 7.23. The van der Waals surface area contributed by atoms with Gasteiger partial charge in [-0.3, -0.25) is 4.79 Å². The smallest absolute Gasteiger partial charge is 0.255 e. The van der Waals surface area contributed by atoms with E-state index >= 15 is 0 Å². The van der Waals surface area contributed by atoms with Crippen molar-refractivity contribution in [1.29, 1.82) is 0 Å². The highest BCUT2D eigenvalue weighted by Crippen LogP contribution is 2.17. The molecule has 0 aliphatic carbocycles. The molecule has 0 aliphatic rings. The Morgan fingerprint density at radius 3 is 2.75 bits per heavy atom. The summed E-state index contributed by atoms with van der Waals surface area (Å²) in [6.07, 6.45) is 5.67. The zero-order valence-corrected chi connectivity index (χ0v) is 11.4. The summed E-state index contributed by atoms with van der Waals surface area (Å²) in [6.45, 7) is 2.96. The minimum Gasteiger partial charge on any atom is -0.493 e. The van der Waals surface area contributed by atoms with Crippen molar-refractivity contribution in [2.75, 3.05) is 13.2 Å². The van der Waals surface area contributed by atoms with E-state index in [1.165, 1.54) is 6.33 Å². The Morgan fingerprint density at radius 2 is 2.00 bits per heavy atom. The second-order valence-electron chi connectivity index (χ2n) is 4.18. The maximum Gasteiger partial charge on any atom is 0.255 e. The maximum atomic E-state index is 12.1. The quantitative estimate of drug-likeness (QED) is 0.870. The van der Waals surface area contributed by atoms with E-state index in [1.54, 1.807) is 24.5 Å². The average molecular weight is 271 g/mol. The number of ether oxygens (including phenoxy) is 1. The highest BCUT2D eigenvalue weighted by Gasteiger charge is 2.10. The van der Waals surface area contributed by atoms with Crippen LogP contribution in [0.25, 0.3) is 0 Å². The molecule has 5 heteroatoms. The van der Waals surface area contributed by atoms with Crippen molar-refractivity contribution in [1.82, 2.24) is 15.3 Å². The van der Waals surface area contributed by atoms with Crippen LogP contribution in [0.4, 0.5) is 0 Å². The molecule has 0 radical (unpaired) electrons. The summed E-state index contributed by atoms with van der Waals surface area (Å²) in [5.41, 5.74) is 1.55. The fourth-order valence-electron chi connectivity index (χ4n) is 1.81. The summed E-state index contributed by atoms with van der Waals surface area (Å²) < 4.78 is 5.44. The zero-order valence-electron chi connectivity index (χ0n) is 11.4. The first-order valence-corrected chi connectivity index (χ1v) is 6.55. The summed E-state index contributed by atoms with van der Waals surface area (Å²) in [5.74, 6) is 0.474. The molecule has 0 unspecified atom stereocenters. The van der Waals surface area contributed by atoms with Crippen LogP contribution in [0.2, 0.25) is 0 Å². The van der Waals surface area contributed by atoms with Gasteiger partial charge in [-0.2, -0.15) is 0 Å². The number of nitrogens with one attached hydrogen (secondary N) is 1. The molecule has 1 N–H and O–H groups in total. The molecular weight excluding hydrogens is 254 g/mol. The van der Waals surface area contributed by atoms with Crippen LogP contribution in [0.1, 0.15) is 22.8 Å². The Bertz CT molecular complexity index is 558. The molecule has 0 atom stereocenters. The van der Waals surface area contributed by atoms with Gasteiger partial charge in [-0.15, -0.1) is 0 Å². The standard InChI is InChI=1S/C15H17N3O2/c1-2-20-14-6-4-3-5-13(14)15(19)18-8-7-12-9-16-11-17-10-12/h3-6,9-11H,2,7-8H2,1H3,(H,18,19). The lowest BCUT2D eigenvalue weighted by molar-refractivity contribution is 0.0950. The van der Waals surface area contributed by atoms with Crippen LogP contribution >= 0.6 is 0 Å². The minimum atomic E-state index is -0.133. The molecule has 0 saturated heterocycles. The Morgan fingerprint density at radius 1 is 1.25 bits per heavy atom. The largest absolute Gasteiger partial charge is 0.493 e. The Balaban J connectivity index is 1.92. The molecule has 2 rings (SSSR count). The molecular formula is C15H17N3O2. The number of carbonyl (C=O) groups is 1. The molecule has 0 fully saturated rings. The van der Waals surface area contributed by atoms with Gasteiger partial charge >= 0.3 is 0 Å². The molecule has 1 heterocycles. The number of benzene rings is 1. The summed E-state index contributed by atoms with van der Waals surface area (Å²) in [6, 6.07) is 7.22. The van der Waals surface area contributed by atoms with Crippen molar-refractivity contribution in [3.05, 3.63) is 54.1 Å². The molecule has 0 saturated carbocycles. The van der Waals surface area contributed by atoms with Crippen LogP contribution in [0.3, 0.4) is 0 Å². The van der Waals surface area contributed by atoms with E-state index in [1.807, 2.05) is 19.1 Å². The molecule has 2 aromatic rings. The van der Waals surface area contributed by atoms with Gasteiger partial charge in [-0.05, 0) is 31.0 Å². The number of carbonyl (C=O) groups excluding carboxylic acids is 1. The zero-order chi connectivity index (χ0) is 14.2. The number of hydrogen-bond acceptors (Lipinski definition) is 4. The number of aromatic nitrogens is 2. The summed E-state index contributed by atoms with van der Waals surface area (Å²) in [7, 11) is 0. The van der Waals surface area contributed by atoms with E-state index in [4.69, 9.17) is 4.74 Å². The van der Waals surface area contributed by atoms with Crippen LogP contribution in [0.5, 0.6) is 5.75 Å². The van der Waals surface area contributed by atoms with Gasteiger partial charge in [-0.1, -0.05) is 12.1 Å². The van der Waals surface area contributed by atoms with Gasteiger partial charge in [0.15, 0.2) is 0 Å². The third kappa shape index (κ3) is 3.78. The third-order valence-corrected chi connectivity index (χ3v) is 2.74. The second-order valence-corrected chi connectivity index (χ2v) is 4.18. The highest BCUT2D eigenvalue weighted by atomic mass is 16.5.